The number of carbonyl (C=O) groups is 4. The Balaban J connectivity index is 1.66. The summed E-state index contributed by atoms with van der Waals surface area (Å²) in [5.41, 5.74) is -1.74. The van der Waals surface area contributed by atoms with Gasteiger partial charge >= 0.3 is 0 Å². The van der Waals surface area contributed by atoms with E-state index in [0.29, 0.717) is 0 Å². The van der Waals surface area contributed by atoms with Gasteiger partial charge in [-0.15, -0.1) is 0 Å². The predicted molar refractivity (Wildman–Crippen MR) is 132 cm³/mol. The van der Waals surface area contributed by atoms with Crippen LogP contribution in [0.15, 0.2) is 72.8 Å². The van der Waals surface area contributed by atoms with Crippen molar-refractivity contribution < 1.29 is 49.8 Å². The second-order valence-electron chi connectivity index (χ2n) is 8.18. The van der Waals surface area contributed by atoms with Gasteiger partial charge in [0.25, 0.3) is 0 Å². The zero-order valence-electron chi connectivity index (χ0n) is 19.2. The molecule has 0 heterocycles. The molecule has 0 saturated carbocycles. The van der Waals surface area contributed by atoms with Crippen LogP contribution in [-0.2, 0) is 0 Å². The van der Waals surface area contributed by atoms with Gasteiger partial charge in [0.05, 0.1) is 11.1 Å². The Kier molecular flexibility index (Phi) is 6.55. The third-order valence-electron chi connectivity index (χ3n) is 5.68. The molecule has 0 atom stereocenters. The number of carbonyl (C=O) groups excluding carboxylic acids is 4. The van der Waals surface area contributed by atoms with Crippen molar-refractivity contribution in [3.05, 3.63) is 95.1 Å². The summed E-state index contributed by atoms with van der Waals surface area (Å²) < 4.78 is 0. The molecular weight excluding hydrogens is 496 g/mol. The number of benzene rings is 4. The van der Waals surface area contributed by atoms with Crippen molar-refractivity contribution in [1.82, 2.24) is 0 Å². The Morgan fingerprint density at radius 2 is 0.711 bits per heavy atom. The fraction of sp³-hybridized carbons (Fsp3) is 0. The van der Waals surface area contributed by atoms with Crippen molar-refractivity contribution in [2.24, 2.45) is 0 Å². The van der Waals surface area contributed by atoms with Gasteiger partial charge in [-0.3, -0.25) is 19.2 Å². The summed E-state index contributed by atoms with van der Waals surface area (Å²) in [5.74, 6) is -7.36. The molecule has 4 aromatic rings. The van der Waals surface area contributed by atoms with Crippen LogP contribution in [0.5, 0.6) is 34.5 Å². The average molecular weight is 514 g/mol. The van der Waals surface area contributed by atoms with E-state index in [1.165, 1.54) is 48.5 Å². The summed E-state index contributed by atoms with van der Waals surface area (Å²) in [6.45, 7) is 0. The number of hydrogen-bond donors (Lipinski definition) is 6. The lowest BCUT2D eigenvalue weighted by molar-refractivity contribution is 0.0815. The van der Waals surface area contributed by atoms with E-state index in [-0.39, 0.29) is 33.8 Å². The van der Waals surface area contributed by atoms with Crippen LogP contribution < -0.4 is 0 Å². The van der Waals surface area contributed by atoms with E-state index in [1.54, 1.807) is 0 Å². The molecule has 0 aliphatic carbocycles. The Morgan fingerprint density at radius 1 is 0.395 bits per heavy atom. The number of Topliss-reactive ketones (excluding diaryl/α,β-unsaturated/α-hetero) is 4. The summed E-state index contributed by atoms with van der Waals surface area (Å²) in [5, 5.41) is 60.6. The predicted octanol–water partition coefficient (Wildman–Crippen LogP) is 3.72. The van der Waals surface area contributed by atoms with Crippen LogP contribution in [0, 0.1) is 0 Å². The van der Waals surface area contributed by atoms with E-state index >= 15 is 0 Å². The smallest absolute Gasteiger partial charge is 0.237 e. The van der Waals surface area contributed by atoms with Crippen LogP contribution in [0.4, 0.5) is 0 Å². The van der Waals surface area contributed by atoms with Crippen LogP contribution in [0.25, 0.3) is 11.1 Å². The van der Waals surface area contributed by atoms with E-state index in [0.717, 1.165) is 24.3 Å². The molecule has 0 saturated heterocycles. The zero-order valence-corrected chi connectivity index (χ0v) is 19.2. The molecule has 0 fully saturated rings. The minimum absolute atomic E-state index is 0.0690. The minimum Gasteiger partial charge on any atom is -0.508 e. The molecular formula is C28H18O10. The Labute approximate surface area is 213 Å². The first kappa shape index (κ1) is 25.5. The maximum Gasteiger partial charge on any atom is 0.237 e. The highest BCUT2D eigenvalue weighted by atomic mass is 16.3. The summed E-state index contributed by atoms with van der Waals surface area (Å²) >= 11 is 0. The molecule has 6 N–H and O–H groups in total. The maximum atomic E-state index is 12.6. The maximum absolute atomic E-state index is 12.6. The number of hydrogen-bond acceptors (Lipinski definition) is 10. The van der Waals surface area contributed by atoms with Crippen molar-refractivity contribution >= 4 is 23.1 Å². The van der Waals surface area contributed by atoms with Gasteiger partial charge in [-0.2, -0.15) is 0 Å². The number of phenolic OH excluding ortho intramolecular Hbond substituents is 6. The Hall–Kier alpha value is -5.64. The van der Waals surface area contributed by atoms with E-state index in [1.807, 2.05) is 0 Å². The van der Waals surface area contributed by atoms with E-state index in [2.05, 4.69) is 0 Å². The fourth-order valence-electron chi connectivity index (χ4n) is 3.68. The van der Waals surface area contributed by atoms with E-state index in [9.17, 15) is 49.8 Å². The molecule has 4 aromatic carbocycles. The second-order valence-corrected chi connectivity index (χ2v) is 8.18. The van der Waals surface area contributed by atoms with Gasteiger partial charge in [0.15, 0.2) is 0 Å². The molecule has 0 amide bonds. The largest absolute Gasteiger partial charge is 0.508 e. The third kappa shape index (κ3) is 4.73. The van der Waals surface area contributed by atoms with Crippen molar-refractivity contribution in [3.63, 3.8) is 0 Å². The SMILES string of the molecule is O=C(C(=O)c1cc(O)c(-c2cc(O)c(C(=O)C(=O)c3ccc(O)cc3)cc2O)cc1O)c1ccc(O)cc1. The zero-order chi connectivity index (χ0) is 27.7. The molecule has 0 radical (unpaired) electrons. The van der Waals surface area contributed by atoms with Gasteiger partial charge < -0.3 is 30.6 Å². The molecule has 4 rings (SSSR count). The minimum atomic E-state index is -1.16. The quantitative estimate of drug-likeness (QED) is 0.120. The van der Waals surface area contributed by atoms with E-state index < -0.39 is 57.3 Å². The number of rotatable bonds is 7. The molecule has 0 spiro atoms. The average Bonchev–Trinajstić information content (AvgIpc) is 2.90. The Bertz CT molecular complexity index is 1490. The van der Waals surface area contributed by atoms with Gasteiger partial charge in [0.1, 0.15) is 34.5 Å². The summed E-state index contributed by atoms with van der Waals surface area (Å²) in [7, 11) is 0. The third-order valence-corrected chi connectivity index (χ3v) is 5.68. The molecule has 10 heteroatoms. The van der Waals surface area contributed by atoms with Gasteiger partial charge in [-0.05, 0) is 72.8 Å². The first-order chi connectivity index (χ1) is 18.0. The summed E-state index contributed by atoms with van der Waals surface area (Å²) in [6.07, 6.45) is 0. The first-order valence-electron chi connectivity index (χ1n) is 10.9. The highest BCUT2D eigenvalue weighted by Gasteiger charge is 2.27. The molecule has 0 aliphatic heterocycles. The second kappa shape index (κ2) is 9.78. The molecule has 190 valence electrons. The fourth-order valence-corrected chi connectivity index (χ4v) is 3.68. The highest BCUT2D eigenvalue weighted by Crippen LogP contribution is 2.42. The summed E-state index contributed by atoms with van der Waals surface area (Å²) in [4.78, 5) is 50.2. The lowest BCUT2D eigenvalue weighted by Gasteiger charge is -2.13. The van der Waals surface area contributed by atoms with Crippen LogP contribution in [0.3, 0.4) is 0 Å². The lowest BCUT2D eigenvalue weighted by atomic mass is 9.94. The standard InChI is InChI=1S/C28H18O10/c29-15-5-1-13(2-6-15)25(35)27(37)19-11-21(31)17(9-23(19)33)18-10-24(34)20(12-22(18)32)28(38)26(36)14-3-7-16(30)8-4-14/h1-12,29-34H. The van der Waals surface area contributed by atoms with Gasteiger partial charge in [-0.25, -0.2) is 0 Å². The van der Waals surface area contributed by atoms with Crippen LogP contribution >= 0.6 is 0 Å². The van der Waals surface area contributed by atoms with Crippen LogP contribution in [0.1, 0.15) is 41.4 Å². The molecule has 0 unspecified atom stereocenters. The number of phenols is 6. The molecule has 0 aliphatic rings. The number of aromatic hydroxyl groups is 6. The molecule has 0 aromatic heterocycles. The number of ketones is 4. The molecule has 10 nitrogen and oxygen atoms in total. The van der Waals surface area contributed by atoms with Crippen molar-refractivity contribution in [2.75, 3.05) is 0 Å². The highest BCUT2D eigenvalue weighted by molar-refractivity contribution is 6.50. The monoisotopic (exact) mass is 514 g/mol. The van der Waals surface area contributed by atoms with Crippen LogP contribution in [-0.4, -0.2) is 53.8 Å². The lowest BCUT2D eigenvalue weighted by Crippen LogP contribution is -2.15. The van der Waals surface area contributed by atoms with Gasteiger partial charge in [0.2, 0.25) is 23.1 Å². The van der Waals surface area contributed by atoms with Crippen molar-refractivity contribution in [1.29, 1.82) is 0 Å². The summed E-state index contributed by atoms with van der Waals surface area (Å²) in [6, 6.07) is 13.0. The van der Waals surface area contributed by atoms with Gasteiger partial charge in [0, 0.05) is 22.3 Å². The van der Waals surface area contributed by atoms with Crippen LogP contribution in [0.2, 0.25) is 0 Å². The first-order valence-corrected chi connectivity index (χ1v) is 10.9. The molecule has 0 bridgehead atoms. The Morgan fingerprint density at radius 3 is 1.03 bits per heavy atom. The topological polar surface area (TPSA) is 190 Å². The van der Waals surface area contributed by atoms with E-state index in [4.69, 9.17) is 0 Å². The molecule has 38 heavy (non-hydrogen) atoms. The van der Waals surface area contributed by atoms with Crippen molar-refractivity contribution in [2.45, 2.75) is 0 Å². The van der Waals surface area contributed by atoms with Gasteiger partial charge in [-0.1, -0.05) is 0 Å². The van der Waals surface area contributed by atoms with Crippen molar-refractivity contribution in [3.8, 4) is 45.6 Å². The normalized spacial score (nSPS) is 10.6.